The van der Waals surface area contributed by atoms with Gasteiger partial charge in [-0.3, -0.25) is 0 Å². The van der Waals surface area contributed by atoms with E-state index < -0.39 is 0 Å². The van der Waals surface area contributed by atoms with Gasteiger partial charge in [-0.2, -0.15) is 0 Å². The molecule has 1 fully saturated rings. The number of ether oxygens (including phenoxy) is 1. The molecule has 0 radical (unpaired) electrons. The third-order valence-corrected chi connectivity index (χ3v) is 3.66. The van der Waals surface area contributed by atoms with Crippen LogP contribution in [0.1, 0.15) is 17.5 Å². The number of benzene rings is 1. The van der Waals surface area contributed by atoms with Crippen molar-refractivity contribution in [3.63, 3.8) is 0 Å². The van der Waals surface area contributed by atoms with E-state index in [4.69, 9.17) is 4.74 Å². The molecule has 0 spiro atoms. The van der Waals surface area contributed by atoms with Crippen molar-refractivity contribution in [1.29, 1.82) is 0 Å². The standard InChI is InChI=1S/C15H20O2/c1-3-14-9-15(10-16,11-17-14)8-13-7-5-4-6-12(13)2/h3-7,14,16H,1,8-11H2,2H3/t14-,15+/m0/s1. The van der Waals surface area contributed by atoms with Gasteiger partial charge < -0.3 is 9.84 Å². The molecule has 1 aromatic carbocycles. The van der Waals surface area contributed by atoms with Crippen LogP contribution in [0.5, 0.6) is 0 Å². The Morgan fingerprint density at radius 3 is 2.88 bits per heavy atom. The third kappa shape index (κ3) is 2.59. The molecule has 2 rings (SSSR count). The highest BCUT2D eigenvalue weighted by Crippen LogP contribution is 2.36. The molecular formula is C15H20O2. The van der Waals surface area contributed by atoms with Crippen LogP contribution >= 0.6 is 0 Å². The van der Waals surface area contributed by atoms with Crippen molar-refractivity contribution in [2.45, 2.75) is 25.9 Å². The Hall–Kier alpha value is -1.12. The Balaban J connectivity index is 2.16. The van der Waals surface area contributed by atoms with E-state index in [2.05, 4.69) is 25.6 Å². The van der Waals surface area contributed by atoms with Gasteiger partial charge in [0.25, 0.3) is 0 Å². The monoisotopic (exact) mass is 232 g/mol. The first-order valence-corrected chi connectivity index (χ1v) is 6.09. The lowest BCUT2D eigenvalue weighted by molar-refractivity contribution is 0.0834. The highest BCUT2D eigenvalue weighted by molar-refractivity contribution is 5.27. The summed E-state index contributed by atoms with van der Waals surface area (Å²) in [5.41, 5.74) is 2.45. The summed E-state index contributed by atoms with van der Waals surface area (Å²) in [6, 6.07) is 8.34. The molecule has 2 nitrogen and oxygen atoms in total. The summed E-state index contributed by atoms with van der Waals surface area (Å²) in [5.74, 6) is 0. The van der Waals surface area contributed by atoms with E-state index >= 15 is 0 Å². The van der Waals surface area contributed by atoms with E-state index in [0.717, 1.165) is 12.8 Å². The quantitative estimate of drug-likeness (QED) is 0.808. The maximum absolute atomic E-state index is 9.67. The van der Waals surface area contributed by atoms with E-state index in [1.165, 1.54) is 11.1 Å². The molecule has 2 heteroatoms. The minimum absolute atomic E-state index is 0.0890. The highest BCUT2D eigenvalue weighted by Gasteiger charge is 2.38. The molecule has 1 aliphatic rings. The van der Waals surface area contributed by atoms with Crippen molar-refractivity contribution in [1.82, 2.24) is 0 Å². The zero-order chi connectivity index (χ0) is 12.3. The summed E-state index contributed by atoms with van der Waals surface area (Å²) in [5, 5.41) is 9.67. The Kier molecular flexibility index (Phi) is 3.65. The summed E-state index contributed by atoms with van der Waals surface area (Å²) in [6.45, 7) is 6.66. The van der Waals surface area contributed by atoms with E-state index in [0.29, 0.717) is 6.61 Å². The topological polar surface area (TPSA) is 29.5 Å². The molecule has 1 aliphatic heterocycles. The lowest BCUT2D eigenvalue weighted by atomic mass is 9.79. The summed E-state index contributed by atoms with van der Waals surface area (Å²) in [6.07, 6.45) is 3.66. The van der Waals surface area contributed by atoms with Gasteiger partial charge in [-0.25, -0.2) is 0 Å². The fourth-order valence-corrected chi connectivity index (χ4v) is 2.48. The maximum atomic E-state index is 9.67. The van der Waals surface area contributed by atoms with Crippen molar-refractivity contribution in [2.75, 3.05) is 13.2 Å². The molecule has 0 bridgehead atoms. The molecule has 0 aromatic heterocycles. The normalized spacial score (nSPS) is 28.2. The first kappa shape index (κ1) is 12.3. The van der Waals surface area contributed by atoms with Gasteiger partial charge in [0.2, 0.25) is 0 Å². The molecule has 0 amide bonds. The fraction of sp³-hybridized carbons (Fsp3) is 0.467. The number of rotatable bonds is 4. The van der Waals surface area contributed by atoms with Gasteiger partial charge in [-0.1, -0.05) is 30.3 Å². The summed E-state index contributed by atoms with van der Waals surface area (Å²) < 4.78 is 5.64. The molecule has 2 atom stereocenters. The highest BCUT2D eigenvalue weighted by atomic mass is 16.5. The first-order chi connectivity index (χ1) is 8.19. The largest absolute Gasteiger partial charge is 0.396 e. The predicted octanol–water partition coefficient (Wildman–Crippen LogP) is 2.49. The molecule has 1 saturated heterocycles. The van der Waals surface area contributed by atoms with Crippen LogP contribution in [0, 0.1) is 12.3 Å². The smallest absolute Gasteiger partial charge is 0.0760 e. The minimum atomic E-state index is -0.134. The van der Waals surface area contributed by atoms with Crippen LogP contribution in [0.15, 0.2) is 36.9 Å². The molecule has 1 N–H and O–H groups in total. The minimum Gasteiger partial charge on any atom is -0.396 e. The molecule has 0 aliphatic carbocycles. The van der Waals surface area contributed by atoms with E-state index in [-0.39, 0.29) is 18.1 Å². The second-order valence-electron chi connectivity index (χ2n) is 5.05. The maximum Gasteiger partial charge on any atom is 0.0760 e. The zero-order valence-electron chi connectivity index (χ0n) is 10.4. The van der Waals surface area contributed by atoms with Crippen molar-refractivity contribution < 1.29 is 9.84 Å². The number of aryl methyl sites for hydroxylation is 1. The van der Waals surface area contributed by atoms with E-state index in [9.17, 15) is 5.11 Å². The Morgan fingerprint density at radius 1 is 1.53 bits per heavy atom. The van der Waals surface area contributed by atoms with Crippen molar-refractivity contribution in [3.8, 4) is 0 Å². The fourth-order valence-electron chi connectivity index (χ4n) is 2.48. The van der Waals surface area contributed by atoms with Gasteiger partial charge >= 0.3 is 0 Å². The van der Waals surface area contributed by atoms with Gasteiger partial charge in [-0.15, -0.1) is 6.58 Å². The Bertz CT molecular complexity index is 400. The van der Waals surface area contributed by atoms with Crippen molar-refractivity contribution in [3.05, 3.63) is 48.0 Å². The first-order valence-electron chi connectivity index (χ1n) is 6.09. The van der Waals surface area contributed by atoms with E-state index in [1.54, 1.807) is 0 Å². The van der Waals surface area contributed by atoms with Gasteiger partial charge in [0.15, 0.2) is 0 Å². The molecule has 1 aromatic rings. The van der Waals surface area contributed by atoms with Crippen LogP contribution in [0.4, 0.5) is 0 Å². The van der Waals surface area contributed by atoms with E-state index in [1.807, 2.05) is 18.2 Å². The van der Waals surface area contributed by atoms with Gasteiger partial charge in [0.1, 0.15) is 0 Å². The van der Waals surface area contributed by atoms with Crippen LogP contribution in [0.25, 0.3) is 0 Å². The van der Waals surface area contributed by atoms with Crippen molar-refractivity contribution >= 4 is 0 Å². The lowest BCUT2D eigenvalue weighted by Gasteiger charge is -2.25. The second kappa shape index (κ2) is 5.03. The van der Waals surface area contributed by atoms with Crippen molar-refractivity contribution in [2.24, 2.45) is 5.41 Å². The summed E-state index contributed by atoms with van der Waals surface area (Å²) in [7, 11) is 0. The Labute approximate surface area is 103 Å². The number of aliphatic hydroxyl groups is 1. The number of hydrogen-bond acceptors (Lipinski definition) is 2. The molecule has 92 valence electrons. The van der Waals surface area contributed by atoms with Gasteiger partial charge in [0.05, 0.1) is 19.3 Å². The van der Waals surface area contributed by atoms with Crippen LogP contribution in [0.2, 0.25) is 0 Å². The third-order valence-electron chi connectivity index (χ3n) is 3.66. The molecule has 17 heavy (non-hydrogen) atoms. The average Bonchev–Trinajstić information content (AvgIpc) is 2.76. The van der Waals surface area contributed by atoms with Crippen LogP contribution in [-0.4, -0.2) is 24.4 Å². The summed E-state index contributed by atoms with van der Waals surface area (Å²) in [4.78, 5) is 0. The molecule has 1 heterocycles. The predicted molar refractivity (Wildman–Crippen MR) is 69.0 cm³/mol. The SMILES string of the molecule is C=C[C@H]1C[C@@](CO)(Cc2ccccc2C)CO1. The zero-order valence-corrected chi connectivity index (χ0v) is 10.4. The number of hydrogen-bond donors (Lipinski definition) is 1. The lowest BCUT2D eigenvalue weighted by Crippen LogP contribution is -2.29. The average molecular weight is 232 g/mol. The second-order valence-corrected chi connectivity index (χ2v) is 5.05. The number of aliphatic hydroxyl groups excluding tert-OH is 1. The van der Waals surface area contributed by atoms with Crippen LogP contribution in [0.3, 0.4) is 0 Å². The van der Waals surface area contributed by atoms with Gasteiger partial charge in [0, 0.05) is 5.41 Å². The van der Waals surface area contributed by atoms with Crippen LogP contribution in [-0.2, 0) is 11.2 Å². The summed E-state index contributed by atoms with van der Waals surface area (Å²) >= 11 is 0. The molecule has 0 saturated carbocycles. The Morgan fingerprint density at radius 2 is 2.29 bits per heavy atom. The van der Waals surface area contributed by atoms with Gasteiger partial charge in [-0.05, 0) is 30.9 Å². The van der Waals surface area contributed by atoms with Crippen LogP contribution < -0.4 is 0 Å². The molecule has 0 unspecified atom stereocenters. The molecular weight excluding hydrogens is 212 g/mol.